The molecule has 0 amide bonds. The molecule has 0 saturated heterocycles. The molecule has 0 aliphatic rings. The third-order valence-corrected chi connectivity index (χ3v) is 3.43. The van der Waals surface area contributed by atoms with Crippen LogP contribution < -0.4 is 10.3 Å². The van der Waals surface area contributed by atoms with E-state index in [2.05, 4.69) is 24.7 Å². The molecule has 0 aliphatic heterocycles. The number of aliphatic hydroxyl groups excluding tert-OH is 1. The normalized spacial score (nSPS) is 11.8. The maximum Gasteiger partial charge on any atom is 0.422 e. The molecule has 0 atom stereocenters. The van der Waals surface area contributed by atoms with Crippen molar-refractivity contribution in [1.29, 1.82) is 0 Å². The van der Waals surface area contributed by atoms with E-state index in [1.54, 1.807) is 10.8 Å². The number of imidazole rings is 1. The van der Waals surface area contributed by atoms with Crippen molar-refractivity contribution in [2.24, 2.45) is 0 Å². The van der Waals surface area contributed by atoms with E-state index in [9.17, 15) is 18.0 Å². The SMILES string of the molecule is O=c1[nH]c(OCC(F)(F)F)nc2c(-c3cn(CCCO)cn3)nccc12. The summed E-state index contributed by atoms with van der Waals surface area (Å²) in [5.41, 5.74) is 0.0815. The van der Waals surface area contributed by atoms with E-state index < -0.39 is 24.4 Å². The summed E-state index contributed by atoms with van der Waals surface area (Å²) in [6.07, 6.45) is 0.538. The molecule has 138 valence electrons. The van der Waals surface area contributed by atoms with E-state index in [1.807, 2.05) is 0 Å². The predicted molar refractivity (Wildman–Crippen MR) is 84.6 cm³/mol. The zero-order valence-corrected chi connectivity index (χ0v) is 13.3. The highest BCUT2D eigenvalue weighted by Gasteiger charge is 2.29. The number of aromatic amines is 1. The number of H-pyrrole nitrogens is 1. The third-order valence-electron chi connectivity index (χ3n) is 3.43. The molecule has 0 fully saturated rings. The van der Waals surface area contributed by atoms with Crippen LogP contribution in [0.1, 0.15) is 6.42 Å². The van der Waals surface area contributed by atoms with Crippen LogP contribution in [0.15, 0.2) is 29.6 Å². The molecule has 0 spiro atoms. The first-order valence-electron chi connectivity index (χ1n) is 7.59. The number of nitrogens with one attached hydrogen (secondary N) is 1. The molecule has 3 aromatic heterocycles. The number of rotatable bonds is 6. The first-order valence-corrected chi connectivity index (χ1v) is 7.59. The zero-order chi connectivity index (χ0) is 18.7. The minimum Gasteiger partial charge on any atom is -0.455 e. The predicted octanol–water partition coefficient (Wildman–Crippen LogP) is 1.51. The molecule has 11 heteroatoms. The molecule has 3 heterocycles. The Morgan fingerprint density at radius 2 is 2.12 bits per heavy atom. The number of aromatic nitrogens is 5. The minimum atomic E-state index is -4.56. The average Bonchev–Trinajstić information content (AvgIpc) is 3.06. The highest BCUT2D eigenvalue weighted by atomic mass is 19.4. The summed E-state index contributed by atoms with van der Waals surface area (Å²) >= 11 is 0. The molecule has 0 bridgehead atoms. The second-order valence-corrected chi connectivity index (χ2v) is 5.40. The molecule has 0 aliphatic carbocycles. The quantitative estimate of drug-likeness (QED) is 0.682. The number of nitrogens with zero attached hydrogens (tertiary/aromatic N) is 4. The number of halogens is 3. The van der Waals surface area contributed by atoms with Crippen LogP contribution in [-0.4, -0.2) is 49.0 Å². The van der Waals surface area contributed by atoms with Crippen molar-refractivity contribution >= 4 is 10.9 Å². The largest absolute Gasteiger partial charge is 0.455 e. The number of hydrogen-bond donors (Lipinski definition) is 2. The summed E-state index contributed by atoms with van der Waals surface area (Å²) in [6, 6.07) is 0.856. The number of alkyl halides is 3. The number of fused-ring (bicyclic) bond motifs is 1. The van der Waals surface area contributed by atoms with Crippen molar-refractivity contribution < 1.29 is 23.0 Å². The Labute approximate surface area is 144 Å². The molecular formula is C15H14F3N5O3. The van der Waals surface area contributed by atoms with E-state index >= 15 is 0 Å². The van der Waals surface area contributed by atoms with Gasteiger partial charge in [0.2, 0.25) is 0 Å². The van der Waals surface area contributed by atoms with Gasteiger partial charge >= 0.3 is 6.18 Å². The Bertz CT molecular complexity index is 967. The van der Waals surface area contributed by atoms with E-state index in [0.717, 1.165) is 0 Å². The lowest BCUT2D eigenvalue weighted by Crippen LogP contribution is -2.21. The number of pyridine rings is 1. The molecule has 2 N–H and O–H groups in total. The molecule has 0 aromatic carbocycles. The van der Waals surface area contributed by atoms with E-state index in [1.165, 1.54) is 18.6 Å². The van der Waals surface area contributed by atoms with Crippen molar-refractivity contribution in [2.45, 2.75) is 19.1 Å². The van der Waals surface area contributed by atoms with E-state index in [-0.39, 0.29) is 23.2 Å². The van der Waals surface area contributed by atoms with E-state index in [4.69, 9.17) is 5.11 Å². The van der Waals surface area contributed by atoms with Gasteiger partial charge < -0.3 is 14.4 Å². The Morgan fingerprint density at radius 3 is 2.85 bits per heavy atom. The number of aryl methyl sites for hydroxylation is 1. The lowest BCUT2D eigenvalue weighted by molar-refractivity contribution is -0.154. The first kappa shape index (κ1) is 17.9. The fraction of sp³-hybridized carbons (Fsp3) is 0.333. The van der Waals surface area contributed by atoms with Crippen LogP contribution in [0.25, 0.3) is 22.3 Å². The van der Waals surface area contributed by atoms with Crippen molar-refractivity contribution in [2.75, 3.05) is 13.2 Å². The van der Waals surface area contributed by atoms with Gasteiger partial charge in [-0.05, 0) is 12.5 Å². The lowest BCUT2D eigenvalue weighted by atomic mass is 10.2. The Hall–Kier alpha value is -2.95. The van der Waals surface area contributed by atoms with Crippen LogP contribution in [0.4, 0.5) is 13.2 Å². The number of aliphatic hydroxyl groups is 1. The van der Waals surface area contributed by atoms with Gasteiger partial charge in [-0.15, -0.1) is 0 Å². The summed E-state index contributed by atoms with van der Waals surface area (Å²) < 4.78 is 43.2. The third kappa shape index (κ3) is 3.99. The monoisotopic (exact) mass is 369 g/mol. The van der Waals surface area contributed by atoms with Crippen molar-refractivity contribution in [1.82, 2.24) is 24.5 Å². The van der Waals surface area contributed by atoms with Crippen LogP contribution >= 0.6 is 0 Å². The molecule has 3 aromatic rings. The van der Waals surface area contributed by atoms with Crippen LogP contribution in [0, 0.1) is 0 Å². The van der Waals surface area contributed by atoms with Crippen LogP contribution in [-0.2, 0) is 6.54 Å². The number of hydrogen-bond acceptors (Lipinski definition) is 6. The highest BCUT2D eigenvalue weighted by molar-refractivity contribution is 5.89. The Balaban J connectivity index is 2.01. The number of ether oxygens (including phenoxy) is 1. The van der Waals surface area contributed by atoms with Gasteiger partial charge in [-0.3, -0.25) is 14.8 Å². The molecule has 3 rings (SSSR count). The van der Waals surface area contributed by atoms with Gasteiger partial charge in [0.25, 0.3) is 11.6 Å². The highest BCUT2D eigenvalue weighted by Crippen LogP contribution is 2.23. The van der Waals surface area contributed by atoms with Crippen LogP contribution in [0.5, 0.6) is 6.01 Å². The maximum atomic E-state index is 12.3. The molecule has 0 unspecified atom stereocenters. The fourth-order valence-electron chi connectivity index (χ4n) is 2.31. The zero-order valence-electron chi connectivity index (χ0n) is 13.3. The van der Waals surface area contributed by atoms with Gasteiger partial charge in [0.05, 0.1) is 11.7 Å². The van der Waals surface area contributed by atoms with E-state index in [0.29, 0.717) is 18.7 Å². The summed E-state index contributed by atoms with van der Waals surface area (Å²) in [4.78, 5) is 26.6. The van der Waals surface area contributed by atoms with Crippen LogP contribution in [0.3, 0.4) is 0 Å². The van der Waals surface area contributed by atoms with Gasteiger partial charge in [0, 0.05) is 25.5 Å². The average molecular weight is 369 g/mol. The van der Waals surface area contributed by atoms with Gasteiger partial charge in [0.1, 0.15) is 16.9 Å². The van der Waals surface area contributed by atoms with Crippen molar-refractivity contribution in [3.63, 3.8) is 0 Å². The minimum absolute atomic E-state index is 0.0247. The second-order valence-electron chi connectivity index (χ2n) is 5.40. The summed E-state index contributed by atoms with van der Waals surface area (Å²) in [5.74, 6) is 0. The molecular weight excluding hydrogens is 355 g/mol. The van der Waals surface area contributed by atoms with Gasteiger partial charge in [-0.2, -0.15) is 18.2 Å². The standard InChI is InChI=1S/C15H14F3N5O3/c16-15(17,18)7-26-14-21-11-9(13(25)22-14)2-3-19-12(11)10-6-23(8-20-10)4-1-5-24/h2-3,6,8,24H,1,4-5,7H2,(H,21,22,25). The Kier molecular flexibility index (Phi) is 4.89. The topological polar surface area (TPSA) is 106 Å². The summed E-state index contributed by atoms with van der Waals surface area (Å²) in [5, 5.41) is 9.03. The van der Waals surface area contributed by atoms with Crippen LogP contribution in [0.2, 0.25) is 0 Å². The Morgan fingerprint density at radius 1 is 1.31 bits per heavy atom. The molecule has 0 radical (unpaired) electrons. The van der Waals surface area contributed by atoms with Gasteiger partial charge in [0.15, 0.2) is 6.61 Å². The molecule has 0 saturated carbocycles. The molecule has 26 heavy (non-hydrogen) atoms. The summed E-state index contributed by atoms with van der Waals surface area (Å²) in [6.45, 7) is -1.02. The van der Waals surface area contributed by atoms with Gasteiger partial charge in [-0.1, -0.05) is 0 Å². The fourth-order valence-corrected chi connectivity index (χ4v) is 2.31. The lowest BCUT2D eigenvalue weighted by Gasteiger charge is -2.09. The molecule has 8 nitrogen and oxygen atoms in total. The second kappa shape index (κ2) is 7.12. The van der Waals surface area contributed by atoms with Crippen molar-refractivity contribution in [3.8, 4) is 17.4 Å². The first-order chi connectivity index (χ1) is 12.4. The van der Waals surface area contributed by atoms with Gasteiger partial charge in [-0.25, -0.2) is 4.98 Å². The summed E-state index contributed by atoms with van der Waals surface area (Å²) in [7, 11) is 0. The smallest absolute Gasteiger partial charge is 0.422 e. The van der Waals surface area contributed by atoms with Crippen molar-refractivity contribution in [3.05, 3.63) is 35.1 Å². The maximum absolute atomic E-state index is 12.3.